The molecule has 0 atom stereocenters. The van der Waals surface area contributed by atoms with Gasteiger partial charge in [-0.15, -0.1) is 0 Å². The van der Waals surface area contributed by atoms with E-state index in [4.69, 9.17) is 5.10 Å². The summed E-state index contributed by atoms with van der Waals surface area (Å²) in [5.41, 5.74) is 5.16. The minimum atomic E-state index is -0.129. The van der Waals surface area contributed by atoms with Crippen molar-refractivity contribution in [1.29, 1.82) is 0 Å². The van der Waals surface area contributed by atoms with Gasteiger partial charge in [-0.2, -0.15) is 5.10 Å². The van der Waals surface area contributed by atoms with Crippen molar-refractivity contribution in [2.45, 2.75) is 6.92 Å². The van der Waals surface area contributed by atoms with Crippen LogP contribution in [-0.2, 0) is 4.79 Å². The Labute approximate surface area is 209 Å². The van der Waals surface area contributed by atoms with Crippen LogP contribution in [0.2, 0.25) is 0 Å². The maximum atomic E-state index is 12.8. The van der Waals surface area contributed by atoms with Crippen molar-refractivity contribution in [3.8, 4) is 23.1 Å². The molecule has 5 rings (SSSR count). The number of anilines is 1. The lowest BCUT2D eigenvalue weighted by Crippen LogP contribution is -2.47. The molecule has 0 unspecified atom stereocenters. The van der Waals surface area contributed by atoms with Gasteiger partial charge in [0, 0.05) is 55.5 Å². The third-order valence-electron chi connectivity index (χ3n) is 6.10. The first-order valence-electron chi connectivity index (χ1n) is 11.8. The Morgan fingerprint density at radius 3 is 2.47 bits per heavy atom. The molecule has 1 fully saturated rings. The zero-order chi connectivity index (χ0) is 25.1. The van der Waals surface area contributed by atoms with Gasteiger partial charge in [-0.05, 0) is 55.4 Å². The van der Waals surface area contributed by atoms with E-state index in [0.717, 1.165) is 43.0 Å². The van der Waals surface area contributed by atoms with E-state index in [2.05, 4.69) is 34.1 Å². The van der Waals surface area contributed by atoms with E-state index >= 15 is 0 Å². The Bertz CT molecular complexity index is 1490. The van der Waals surface area contributed by atoms with E-state index in [1.807, 2.05) is 65.6 Å². The predicted octanol–water partition coefficient (Wildman–Crippen LogP) is 3.14. The summed E-state index contributed by atoms with van der Waals surface area (Å²) in [6.45, 7) is 4.75. The number of fused-ring (bicyclic) bond motifs is 1. The summed E-state index contributed by atoms with van der Waals surface area (Å²) in [4.78, 5) is 32.7. The minimum Gasteiger partial charge on any atom is -0.336 e. The second kappa shape index (κ2) is 10.0. The molecular formula is C28H26N6O2. The number of benzene rings is 2. The van der Waals surface area contributed by atoms with Gasteiger partial charge < -0.3 is 15.1 Å². The molecule has 0 saturated carbocycles. The number of carbonyl (C=O) groups excluding carboxylic acids is 2. The molecular weight excluding hydrogens is 452 g/mol. The fourth-order valence-corrected chi connectivity index (χ4v) is 4.10. The average molecular weight is 479 g/mol. The minimum absolute atomic E-state index is 0.0628. The van der Waals surface area contributed by atoms with Gasteiger partial charge >= 0.3 is 0 Å². The first kappa shape index (κ1) is 23.3. The van der Waals surface area contributed by atoms with Crippen molar-refractivity contribution in [3.05, 3.63) is 83.7 Å². The zero-order valence-corrected chi connectivity index (χ0v) is 20.2. The summed E-state index contributed by atoms with van der Waals surface area (Å²) in [5.74, 6) is 6.18. The van der Waals surface area contributed by atoms with Crippen LogP contribution in [0.3, 0.4) is 0 Å². The molecule has 2 amide bonds. The Morgan fingerprint density at radius 2 is 1.72 bits per heavy atom. The second-order valence-corrected chi connectivity index (χ2v) is 8.82. The molecule has 180 valence electrons. The number of hydrogen-bond acceptors (Lipinski definition) is 5. The first-order valence-corrected chi connectivity index (χ1v) is 11.8. The van der Waals surface area contributed by atoms with Gasteiger partial charge in [0.1, 0.15) is 5.69 Å². The number of piperazine rings is 1. The third kappa shape index (κ3) is 5.11. The van der Waals surface area contributed by atoms with E-state index in [0.29, 0.717) is 22.6 Å². The van der Waals surface area contributed by atoms with Crippen molar-refractivity contribution >= 4 is 23.1 Å². The van der Waals surface area contributed by atoms with Crippen LogP contribution < -0.4 is 5.32 Å². The van der Waals surface area contributed by atoms with E-state index in [1.54, 1.807) is 10.7 Å². The van der Waals surface area contributed by atoms with Gasteiger partial charge in [-0.3, -0.25) is 9.59 Å². The normalized spacial score (nSPS) is 13.8. The summed E-state index contributed by atoms with van der Waals surface area (Å²) in [5, 5.41) is 7.50. The molecule has 4 aromatic rings. The number of nitrogens with zero attached hydrogens (tertiary/aromatic N) is 5. The van der Waals surface area contributed by atoms with Crippen LogP contribution in [-0.4, -0.2) is 69.4 Å². The maximum Gasteiger partial charge on any atom is 0.253 e. The number of hydrogen-bond donors (Lipinski definition) is 1. The highest BCUT2D eigenvalue weighted by atomic mass is 16.2. The molecule has 1 saturated heterocycles. The molecule has 1 aliphatic rings. The van der Waals surface area contributed by atoms with Crippen LogP contribution >= 0.6 is 0 Å². The van der Waals surface area contributed by atoms with Gasteiger partial charge in [-0.1, -0.05) is 24.1 Å². The summed E-state index contributed by atoms with van der Waals surface area (Å²) in [6.07, 6.45) is 1.69. The zero-order valence-electron chi connectivity index (χ0n) is 20.2. The first-order chi connectivity index (χ1) is 17.5. The number of nitrogens with one attached hydrogen (secondary N) is 1. The SMILES string of the molecule is CC(=O)Nc1cccc(C#Cc2cnc3ccc(-c4ccc(C(=O)N5CCN(C)CC5)cc4)nn23)c1. The summed E-state index contributed by atoms with van der Waals surface area (Å²) < 4.78 is 1.71. The molecule has 0 bridgehead atoms. The number of carbonyl (C=O) groups is 2. The number of imidazole rings is 1. The Balaban J connectivity index is 1.37. The van der Waals surface area contributed by atoms with Crippen LogP contribution in [0.25, 0.3) is 16.9 Å². The fraction of sp³-hybridized carbons (Fsp3) is 0.214. The fourth-order valence-electron chi connectivity index (χ4n) is 4.10. The van der Waals surface area contributed by atoms with Gasteiger partial charge in [0.15, 0.2) is 5.65 Å². The highest BCUT2D eigenvalue weighted by molar-refractivity contribution is 5.94. The number of aromatic nitrogens is 3. The van der Waals surface area contributed by atoms with Crippen LogP contribution in [0.1, 0.15) is 28.5 Å². The molecule has 2 aromatic carbocycles. The van der Waals surface area contributed by atoms with Crippen LogP contribution in [0.15, 0.2) is 66.9 Å². The van der Waals surface area contributed by atoms with Crippen LogP contribution in [0.5, 0.6) is 0 Å². The summed E-state index contributed by atoms with van der Waals surface area (Å²) in [7, 11) is 2.07. The molecule has 2 aromatic heterocycles. The Kier molecular flexibility index (Phi) is 6.48. The largest absolute Gasteiger partial charge is 0.336 e. The van der Waals surface area contributed by atoms with Gasteiger partial charge in [0.05, 0.1) is 11.9 Å². The van der Waals surface area contributed by atoms with Gasteiger partial charge in [0.2, 0.25) is 5.91 Å². The standard InChI is InChI=1S/C28H26N6O2/c1-20(35)30-24-5-3-4-21(18-24)6-11-25-19-29-27-13-12-26(31-34(25)27)22-7-9-23(10-8-22)28(36)33-16-14-32(2)15-17-33/h3-5,7-10,12-13,18-19H,14-17H2,1-2H3,(H,30,35). The van der Waals surface area contributed by atoms with E-state index in [1.165, 1.54) is 6.92 Å². The highest BCUT2D eigenvalue weighted by Gasteiger charge is 2.20. The molecule has 1 aliphatic heterocycles. The lowest BCUT2D eigenvalue weighted by Gasteiger charge is -2.32. The lowest BCUT2D eigenvalue weighted by atomic mass is 10.1. The summed E-state index contributed by atoms with van der Waals surface area (Å²) in [6, 6.07) is 18.7. The van der Waals surface area contributed by atoms with Crippen LogP contribution in [0.4, 0.5) is 5.69 Å². The molecule has 8 heteroatoms. The van der Waals surface area contributed by atoms with E-state index in [9.17, 15) is 9.59 Å². The molecule has 0 radical (unpaired) electrons. The third-order valence-corrected chi connectivity index (χ3v) is 6.10. The number of amides is 2. The van der Waals surface area contributed by atoms with Crippen molar-refractivity contribution in [2.75, 3.05) is 38.5 Å². The quantitative estimate of drug-likeness (QED) is 0.458. The molecule has 0 aliphatic carbocycles. The summed E-state index contributed by atoms with van der Waals surface area (Å²) >= 11 is 0. The average Bonchev–Trinajstić information content (AvgIpc) is 3.30. The highest BCUT2D eigenvalue weighted by Crippen LogP contribution is 2.20. The van der Waals surface area contributed by atoms with Crippen molar-refractivity contribution in [2.24, 2.45) is 0 Å². The lowest BCUT2D eigenvalue weighted by molar-refractivity contribution is -0.114. The number of likely N-dealkylation sites (N-methyl/N-ethyl adjacent to an activating group) is 1. The molecule has 0 spiro atoms. The van der Waals surface area contributed by atoms with E-state index in [-0.39, 0.29) is 11.8 Å². The second-order valence-electron chi connectivity index (χ2n) is 8.82. The Hall–Kier alpha value is -4.48. The molecule has 3 heterocycles. The topological polar surface area (TPSA) is 82.8 Å². The van der Waals surface area contributed by atoms with Crippen LogP contribution in [0, 0.1) is 11.8 Å². The van der Waals surface area contributed by atoms with Gasteiger partial charge in [0.25, 0.3) is 5.91 Å². The van der Waals surface area contributed by atoms with Crippen molar-refractivity contribution in [3.63, 3.8) is 0 Å². The molecule has 1 N–H and O–H groups in total. The molecule has 8 nitrogen and oxygen atoms in total. The monoisotopic (exact) mass is 478 g/mol. The van der Waals surface area contributed by atoms with Crippen molar-refractivity contribution in [1.82, 2.24) is 24.4 Å². The maximum absolute atomic E-state index is 12.8. The van der Waals surface area contributed by atoms with Gasteiger partial charge in [-0.25, -0.2) is 9.50 Å². The number of rotatable bonds is 3. The Morgan fingerprint density at radius 1 is 0.944 bits per heavy atom. The smallest absolute Gasteiger partial charge is 0.253 e. The molecule has 36 heavy (non-hydrogen) atoms. The van der Waals surface area contributed by atoms with E-state index < -0.39 is 0 Å². The predicted molar refractivity (Wildman–Crippen MR) is 139 cm³/mol. The van der Waals surface area contributed by atoms with Crippen molar-refractivity contribution < 1.29 is 9.59 Å².